The van der Waals surface area contributed by atoms with Crippen LogP contribution in [-0.4, -0.2) is 33.3 Å². The Labute approximate surface area is 277 Å². The van der Waals surface area contributed by atoms with E-state index in [1.54, 1.807) is 12.4 Å². The van der Waals surface area contributed by atoms with Gasteiger partial charge in [0, 0.05) is 24.9 Å². The van der Waals surface area contributed by atoms with Gasteiger partial charge in [0.2, 0.25) is 5.91 Å². The summed E-state index contributed by atoms with van der Waals surface area (Å²) in [6.45, 7) is 23.7. The van der Waals surface area contributed by atoms with Gasteiger partial charge in [0.1, 0.15) is 6.10 Å². The van der Waals surface area contributed by atoms with E-state index >= 15 is 0 Å². The van der Waals surface area contributed by atoms with Gasteiger partial charge in [0.25, 0.3) is 0 Å². The number of aliphatic hydroxyl groups excluding tert-OH is 1. The molecule has 3 aromatic rings. The van der Waals surface area contributed by atoms with E-state index in [2.05, 4.69) is 47.6 Å². The number of hydrogen-bond acceptors (Lipinski definition) is 6. The van der Waals surface area contributed by atoms with Gasteiger partial charge < -0.3 is 10.4 Å². The number of anilines is 1. The fraction of sp³-hybridized carbons (Fsp3) is 0.526. The molecule has 2 N–H and O–H groups in total. The summed E-state index contributed by atoms with van der Waals surface area (Å²) >= 11 is 1.42. The number of amides is 1. The van der Waals surface area contributed by atoms with Crippen LogP contribution in [-0.2, 0) is 4.79 Å². The Balaban J connectivity index is 0.000000648. The number of carbonyl (C=O) groups is 1. The number of hydrogen-bond donors (Lipinski definition) is 2. The first-order chi connectivity index (χ1) is 21.4. The lowest BCUT2D eigenvalue weighted by atomic mass is 9.87. The summed E-state index contributed by atoms with van der Waals surface area (Å²) in [4.78, 5) is 25.1. The van der Waals surface area contributed by atoms with Crippen molar-refractivity contribution in [3.05, 3.63) is 60.4 Å². The molecule has 2 heterocycles. The summed E-state index contributed by atoms with van der Waals surface area (Å²) in [5.74, 6) is 0.917. The van der Waals surface area contributed by atoms with Gasteiger partial charge in [-0.05, 0) is 53.7 Å². The summed E-state index contributed by atoms with van der Waals surface area (Å²) in [5.41, 5.74) is 4.33. The minimum atomic E-state index is -0.748. The number of rotatable bonds is 6. The Morgan fingerprint density at radius 2 is 1.73 bits per heavy atom. The first kappa shape index (κ1) is 39.9. The van der Waals surface area contributed by atoms with E-state index in [0.29, 0.717) is 10.8 Å². The predicted octanol–water partition coefficient (Wildman–Crippen LogP) is 11.1. The van der Waals surface area contributed by atoms with Crippen molar-refractivity contribution in [2.24, 2.45) is 16.3 Å². The molecule has 248 valence electrons. The third-order valence-corrected chi connectivity index (χ3v) is 7.75. The molecule has 2 fully saturated rings. The normalized spacial score (nSPS) is 14.6. The lowest BCUT2D eigenvalue weighted by Gasteiger charge is -2.25. The smallest absolute Gasteiger partial charge is 0.223 e. The number of carbonyl (C=O) groups excluding carboxylic acids is 1. The Hall–Kier alpha value is -3.16. The number of benzene rings is 1. The highest BCUT2D eigenvalue weighted by Gasteiger charge is 2.24. The van der Waals surface area contributed by atoms with Crippen molar-refractivity contribution in [2.45, 2.75) is 120 Å². The van der Waals surface area contributed by atoms with Crippen molar-refractivity contribution >= 4 is 44.4 Å². The highest BCUT2D eigenvalue weighted by molar-refractivity contribution is 7.22. The fourth-order valence-corrected chi connectivity index (χ4v) is 4.59. The summed E-state index contributed by atoms with van der Waals surface area (Å²) < 4.78 is 0.941. The summed E-state index contributed by atoms with van der Waals surface area (Å²) in [6, 6.07) is 9.77. The van der Waals surface area contributed by atoms with Gasteiger partial charge in [0.05, 0.1) is 21.6 Å². The van der Waals surface area contributed by atoms with E-state index in [4.69, 9.17) is 0 Å². The van der Waals surface area contributed by atoms with Gasteiger partial charge in [-0.15, -0.1) is 0 Å². The van der Waals surface area contributed by atoms with Crippen molar-refractivity contribution in [1.29, 1.82) is 0 Å². The molecule has 5 rings (SSSR count). The molecule has 1 amide bonds. The highest BCUT2D eigenvalue weighted by atomic mass is 32.1. The number of aliphatic imine (C=N–C) groups is 1. The topological polar surface area (TPSA) is 87.5 Å². The predicted molar refractivity (Wildman–Crippen MR) is 198 cm³/mol. The third-order valence-electron chi connectivity index (χ3n) is 6.73. The first-order valence-electron chi connectivity index (χ1n) is 16.6. The molecule has 2 aliphatic rings. The molecule has 2 aromatic heterocycles. The average Bonchev–Trinajstić information content (AvgIpc) is 3.65. The van der Waals surface area contributed by atoms with E-state index in [-0.39, 0.29) is 11.3 Å². The second-order valence-corrected chi connectivity index (χ2v) is 13.4. The van der Waals surface area contributed by atoms with E-state index < -0.39 is 6.10 Å². The van der Waals surface area contributed by atoms with Crippen LogP contribution in [0.1, 0.15) is 120 Å². The second kappa shape index (κ2) is 20.8. The molecule has 1 aromatic carbocycles. The number of aliphatic hydroxyl groups is 1. The molecule has 1 atom stereocenters. The maximum absolute atomic E-state index is 11.5. The van der Waals surface area contributed by atoms with Crippen molar-refractivity contribution in [3.63, 3.8) is 0 Å². The lowest BCUT2D eigenvalue weighted by Crippen LogP contribution is -2.26. The van der Waals surface area contributed by atoms with Crippen LogP contribution >= 0.6 is 11.3 Å². The standard InChI is InChI=1S/C25H28N4O2S.2C4H8.C3H8.C2H6/c1-7-17(14-27-15(2)23(31)25(4,5)6)18-12-19(20-10-8-9-11-26-20)22-21(13-18)29-24(32-22)28-16(3)30;1-4-2-3-4;1-2-4-3-1;1-3-2;1-2/h7-14,23,31H,2H2,1,3-6H3,(H,28,29,30);4H,2-3H2,1H3;1-4H2;3H2,1-2H3;1-2H3/b17-7+,27-14?;;;;. The van der Waals surface area contributed by atoms with Gasteiger partial charge in [-0.1, -0.05) is 130 Å². The molecule has 2 saturated carbocycles. The molecule has 2 aliphatic carbocycles. The minimum Gasteiger partial charge on any atom is -0.386 e. The second-order valence-electron chi connectivity index (χ2n) is 12.4. The van der Waals surface area contributed by atoms with Crippen molar-refractivity contribution in [1.82, 2.24) is 9.97 Å². The largest absolute Gasteiger partial charge is 0.386 e. The van der Waals surface area contributed by atoms with Crippen LogP contribution in [0, 0.1) is 11.3 Å². The summed E-state index contributed by atoms with van der Waals surface area (Å²) in [7, 11) is 0. The van der Waals surface area contributed by atoms with E-state index in [1.165, 1.54) is 63.2 Å². The van der Waals surface area contributed by atoms with E-state index in [0.717, 1.165) is 38.5 Å². The van der Waals surface area contributed by atoms with Crippen molar-refractivity contribution in [2.75, 3.05) is 5.32 Å². The molecule has 45 heavy (non-hydrogen) atoms. The number of pyridine rings is 1. The van der Waals surface area contributed by atoms with Gasteiger partial charge in [-0.25, -0.2) is 4.98 Å². The Morgan fingerprint density at radius 1 is 1.16 bits per heavy atom. The Morgan fingerprint density at radius 3 is 2.16 bits per heavy atom. The van der Waals surface area contributed by atoms with Crippen LogP contribution in [0.25, 0.3) is 27.0 Å². The Kier molecular flexibility index (Phi) is 18.4. The molecule has 1 unspecified atom stereocenters. The van der Waals surface area contributed by atoms with Crippen LogP contribution in [0.2, 0.25) is 0 Å². The third kappa shape index (κ3) is 14.7. The van der Waals surface area contributed by atoms with Gasteiger partial charge >= 0.3 is 0 Å². The molecule has 0 radical (unpaired) electrons. The number of allylic oxidation sites excluding steroid dienone is 2. The van der Waals surface area contributed by atoms with E-state index in [9.17, 15) is 9.90 Å². The van der Waals surface area contributed by atoms with Crippen LogP contribution in [0.5, 0.6) is 0 Å². The minimum absolute atomic E-state index is 0.166. The molecule has 0 saturated heterocycles. The zero-order valence-corrected chi connectivity index (χ0v) is 30.4. The van der Waals surface area contributed by atoms with Gasteiger partial charge in [-0.2, -0.15) is 0 Å². The monoisotopic (exact) mass is 634 g/mol. The molecular weight excluding hydrogens is 577 g/mol. The SMILES string of the molecule is C1CCC1.C=C(N=C/C(=C\C)c1cc(-c2ccccn2)c2sc(NC(C)=O)nc2c1)C(O)C(C)(C)C.CC.CC1CC1.CCC. The van der Waals surface area contributed by atoms with Crippen LogP contribution in [0.4, 0.5) is 5.13 Å². The number of aromatic nitrogens is 2. The lowest BCUT2D eigenvalue weighted by molar-refractivity contribution is -0.114. The zero-order valence-electron chi connectivity index (χ0n) is 29.5. The van der Waals surface area contributed by atoms with Crippen LogP contribution in [0.3, 0.4) is 0 Å². The zero-order chi connectivity index (χ0) is 34.0. The number of nitrogens with zero attached hydrogens (tertiary/aromatic N) is 3. The van der Waals surface area contributed by atoms with E-state index in [1.807, 2.05) is 78.0 Å². The van der Waals surface area contributed by atoms with Crippen molar-refractivity contribution in [3.8, 4) is 11.3 Å². The molecule has 6 nitrogen and oxygen atoms in total. The van der Waals surface area contributed by atoms with Crippen LogP contribution in [0.15, 0.2) is 59.9 Å². The molecule has 0 aliphatic heterocycles. The number of thiazole rings is 1. The number of fused-ring (bicyclic) bond motifs is 1. The Bertz CT molecular complexity index is 1360. The van der Waals surface area contributed by atoms with Crippen molar-refractivity contribution < 1.29 is 9.90 Å². The van der Waals surface area contributed by atoms with Crippen LogP contribution < -0.4 is 5.32 Å². The summed E-state index contributed by atoms with van der Waals surface area (Å²) in [5, 5.41) is 13.7. The fourth-order valence-electron chi connectivity index (χ4n) is 3.57. The quantitative estimate of drug-likeness (QED) is 0.264. The molecular formula is C38H58N4O2S. The first-order valence-corrected chi connectivity index (χ1v) is 17.4. The molecule has 0 spiro atoms. The molecule has 7 heteroatoms. The average molecular weight is 635 g/mol. The highest BCUT2D eigenvalue weighted by Crippen LogP contribution is 2.37. The van der Waals surface area contributed by atoms with Gasteiger partial charge in [0.15, 0.2) is 5.13 Å². The summed E-state index contributed by atoms with van der Waals surface area (Å²) in [6.07, 6.45) is 14.9. The maximum atomic E-state index is 11.5. The van der Waals surface area contributed by atoms with Gasteiger partial charge in [-0.3, -0.25) is 14.8 Å². The maximum Gasteiger partial charge on any atom is 0.223 e. The molecule has 0 bridgehead atoms. The number of nitrogens with one attached hydrogen (secondary N) is 1.